The first kappa shape index (κ1) is 5.53. The van der Waals surface area contributed by atoms with Crippen LogP contribution in [0.3, 0.4) is 0 Å². The van der Waals surface area contributed by atoms with E-state index in [1.807, 2.05) is 0 Å². The third-order valence-electron chi connectivity index (χ3n) is 1.05. The summed E-state index contributed by atoms with van der Waals surface area (Å²) in [5, 5.41) is 2.52. The van der Waals surface area contributed by atoms with Crippen LogP contribution in [0.15, 0.2) is 0 Å². The van der Waals surface area contributed by atoms with E-state index in [1.54, 1.807) is 0 Å². The Balaban J connectivity index is 2.17. The largest absolute Gasteiger partial charge is 0.352 e. The Morgan fingerprint density at radius 3 is 2.88 bits per heavy atom. The number of hydrogen-bond donors (Lipinski definition) is 2. The van der Waals surface area contributed by atoms with E-state index in [4.69, 9.17) is 10.5 Å². The van der Waals surface area contributed by atoms with E-state index < -0.39 is 0 Å². The van der Waals surface area contributed by atoms with Crippen LogP contribution in [0, 0.1) is 0 Å². The van der Waals surface area contributed by atoms with Crippen molar-refractivity contribution in [2.75, 3.05) is 13.3 Å². The molecule has 0 aromatic rings. The fourth-order valence-electron chi connectivity index (χ4n) is 0.519. The second-order valence-electron chi connectivity index (χ2n) is 1.57. The van der Waals surface area contributed by atoms with E-state index in [9.17, 15) is 4.79 Å². The van der Waals surface area contributed by atoms with Crippen LogP contribution in [0.5, 0.6) is 0 Å². The maximum Gasteiger partial charge on any atom is 0.251 e. The van der Waals surface area contributed by atoms with Crippen LogP contribution in [-0.2, 0) is 9.53 Å². The number of carbonyl (C=O) groups excluding carboxylic acids is 1. The highest BCUT2D eigenvalue weighted by Gasteiger charge is 2.27. The summed E-state index contributed by atoms with van der Waals surface area (Å²) < 4.78 is 4.76. The molecule has 1 saturated heterocycles. The highest BCUT2D eigenvalue weighted by atomic mass is 16.5. The van der Waals surface area contributed by atoms with Crippen LogP contribution in [-0.4, -0.2) is 25.3 Å². The van der Waals surface area contributed by atoms with Gasteiger partial charge in [-0.05, 0) is 0 Å². The minimum atomic E-state index is -0.278. The summed E-state index contributed by atoms with van der Waals surface area (Å²) in [5.74, 6) is -0.0598. The van der Waals surface area contributed by atoms with Crippen LogP contribution < -0.4 is 11.1 Å². The van der Waals surface area contributed by atoms with Crippen LogP contribution in [0.25, 0.3) is 0 Å². The number of ether oxygens (including phenoxy) is 1. The zero-order valence-electron chi connectivity index (χ0n) is 4.39. The van der Waals surface area contributed by atoms with Gasteiger partial charge in [-0.2, -0.15) is 0 Å². The highest BCUT2D eigenvalue weighted by Crippen LogP contribution is 1.97. The SMILES string of the molecule is NCO[C@@H]1CNC1=O. The number of nitrogens with two attached hydrogens (primary N) is 1. The van der Waals surface area contributed by atoms with Crippen molar-refractivity contribution in [1.82, 2.24) is 5.32 Å². The molecule has 1 fully saturated rings. The van der Waals surface area contributed by atoms with Gasteiger partial charge in [-0.15, -0.1) is 0 Å². The van der Waals surface area contributed by atoms with Gasteiger partial charge in [0.2, 0.25) is 0 Å². The molecule has 0 saturated carbocycles. The lowest BCUT2D eigenvalue weighted by atomic mass is 10.2. The molecule has 1 amide bonds. The molecule has 46 valence electrons. The molecule has 8 heavy (non-hydrogen) atoms. The first-order valence-electron chi connectivity index (χ1n) is 2.44. The Hall–Kier alpha value is -0.610. The first-order valence-corrected chi connectivity index (χ1v) is 2.44. The average molecular weight is 116 g/mol. The summed E-state index contributed by atoms with van der Waals surface area (Å²) in [7, 11) is 0. The van der Waals surface area contributed by atoms with Crippen molar-refractivity contribution in [3.05, 3.63) is 0 Å². The van der Waals surface area contributed by atoms with Gasteiger partial charge in [-0.1, -0.05) is 0 Å². The van der Waals surface area contributed by atoms with E-state index in [0.717, 1.165) is 0 Å². The monoisotopic (exact) mass is 116 g/mol. The third-order valence-corrected chi connectivity index (χ3v) is 1.05. The molecular formula is C4H8N2O2. The highest BCUT2D eigenvalue weighted by molar-refractivity contribution is 5.86. The minimum Gasteiger partial charge on any atom is -0.352 e. The number of nitrogens with one attached hydrogen (secondary N) is 1. The van der Waals surface area contributed by atoms with Gasteiger partial charge >= 0.3 is 0 Å². The molecule has 1 atom stereocenters. The summed E-state index contributed by atoms with van der Waals surface area (Å²) in [6, 6.07) is 0. The molecule has 4 nitrogen and oxygen atoms in total. The van der Waals surface area contributed by atoms with Crippen molar-refractivity contribution < 1.29 is 9.53 Å². The van der Waals surface area contributed by atoms with Gasteiger partial charge in [0, 0.05) is 0 Å². The van der Waals surface area contributed by atoms with E-state index in [1.165, 1.54) is 0 Å². The van der Waals surface area contributed by atoms with Gasteiger partial charge in [-0.25, -0.2) is 0 Å². The number of β-lactam (4-membered cyclic amide) rings is 1. The maximum atomic E-state index is 10.3. The molecule has 1 rings (SSSR count). The Morgan fingerprint density at radius 1 is 2.00 bits per heavy atom. The van der Waals surface area contributed by atoms with E-state index in [-0.39, 0.29) is 18.7 Å². The molecule has 0 aromatic carbocycles. The van der Waals surface area contributed by atoms with Crippen LogP contribution in [0.2, 0.25) is 0 Å². The fourth-order valence-corrected chi connectivity index (χ4v) is 0.519. The number of amides is 1. The molecule has 0 aliphatic carbocycles. The summed E-state index contributed by atoms with van der Waals surface area (Å²) >= 11 is 0. The first-order chi connectivity index (χ1) is 3.84. The lowest BCUT2D eigenvalue weighted by molar-refractivity contribution is -0.141. The zero-order chi connectivity index (χ0) is 5.98. The second-order valence-corrected chi connectivity index (χ2v) is 1.57. The summed E-state index contributed by atoms with van der Waals surface area (Å²) in [6.07, 6.45) is -0.278. The van der Waals surface area contributed by atoms with Crippen molar-refractivity contribution in [3.63, 3.8) is 0 Å². The van der Waals surface area contributed by atoms with E-state index in [2.05, 4.69) is 5.32 Å². The van der Waals surface area contributed by atoms with Crippen LogP contribution >= 0.6 is 0 Å². The molecule has 1 heterocycles. The topological polar surface area (TPSA) is 64.3 Å². The Kier molecular flexibility index (Phi) is 1.45. The summed E-state index contributed by atoms with van der Waals surface area (Å²) in [6.45, 7) is 0.730. The van der Waals surface area contributed by atoms with Crippen molar-refractivity contribution in [2.24, 2.45) is 5.73 Å². The van der Waals surface area contributed by atoms with Crippen molar-refractivity contribution >= 4 is 5.91 Å². The number of hydrogen-bond acceptors (Lipinski definition) is 3. The molecule has 4 heteroatoms. The van der Waals surface area contributed by atoms with E-state index in [0.29, 0.717) is 6.54 Å². The molecule has 1 aliphatic rings. The zero-order valence-corrected chi connectivity index (χ0v) is 4.39. The van der Waals surface area contributed by atoms with Gasteiger partial charge in [0.25, 0.3) is 5.91 Å². The molecule has 3 N–H and O–H groups in total. The summed E-state index contributed by atoms with van der Waals surface area (Å²) in [5.41, 5.74) is 5.00. The van der Waals surface area contributed by atoms with Crippen molar-refractivity contribution in [3.8, 4) is 0 Å². The Bertz CT molecular complexity index is 104. The molecule has 0 aromatic heterocycles. The van der Waals surface area contributed by atoms with Gasteiger partial charge in [0.15, 0.2) is 6.10 Å². The summed E-state index contributed by atoms with van der Waals surface area (Å²) in [4.78, 5) is 10.3. The van der Waals surface area contributed by atoms with Gasteiger partial charge in [0.05, 0.1) is 13.3 Å². The van der Waals surface area contributed by atoms with Crippen molar-refractivity contribution in [2.45, 2.75) is 6.10 Å². The van der Waals surface area contributed by atoms with Crippen LogP contribution in [0.1, 0.15) is 0 Å². The normalized spacial score (nSPS) is 26.6. The van der Waals surface area contributed by atoms with Crippen LogP contribution in [0.4, 0.5) is 0 Å². The molecule has 0 spiro atoms. The maximum absolute atomic E-state index is 10.3. The molecular weight excluding hydrogens is 108 g/mol. The van der Waals surface area contributed by atoms with Gasteiger partial charge in [0.1, 0.15) is 0 Å². The molecule has 0 bridgehead atoms. The smallest absolute Gasteiger partial charge is 0.251 e. The number of carbonyl (C=O) groups is 1. The molecule has 0 radical (unpaired) electrons. The predicted octanol–water partition coefficient (Wildman–Crippen LogP) is -1.58. The average Bonchev–Trinajstić information content (AvgIpc) is 1.79. The lowest BCUT2D eigenvalue weighted by Gasteiger charge is -2.24. The third kappa shape index (κ3) is 0.801. The molecule has 0 unspecified atom stereocenters. The number of rotatable bonds is 2. The predicted molar refractivity (Wildman–Crippen MR) is 26.9 cm³/mol. The quantitative estimate of drug-likeness (QED) is 0.338. The fraction of sp³-hybridized carbons (Fsp3) is 0.750. The van der Waals surface area contributed by atoms with E-state index >= 15 is 0 Å². The Labute approximate surface area is 47.0 Å². The standard InChI is InChI=1S/C4H8N2O2/c5-2-8-3-1-6-4(3)7/h3H,1-2,5H2,(H,6,7)/t3-/m1/s1. The van der Waals surface area contributed by atoms with Gasteiger partial charge < -0.3 is 15.8 Å². The molecule has 1 aliphatic heterocycles. The lowest BCUT2D eigenvalue weighted by Crippen LogP contribution is -2.55. The second kappa shape index (κ2) is 2.11. The van der Waals surface area contributed by atoms with Crippen molar-refractivity contribution in [1.29, 1.82) is 0 Å². The minimum absolute atomic E-state index is 0.0598. The Morgan fingerprint density at radius 2 is 2.75 bits per heavy atom. The van der Waals surface area contributed by atoms with Gasteiger partial charge in [-0.3, -0.25) is 4.79 Å².